The minimum Gasteiger partial charge on any atom is -0.497 e. The Hall–Kier alpha value is -2.22. The molecule has 0 unspecified atom stereocenters. The highest BCUT2D eigenvalue weighted by Gasteiger charge is 2.29. The topological polar surface area (TPSA) is 42.3 Å². The highest BCUT2D eigenvalue weighted by molar-refractivity contribution is 7.73. The van der Waals surface area contributed by atoms with Gasteiger partial charge < -0.3 is 10.1 Å². The lowest BCUT2D eigenvalue weighted by Gasteiger charge is -2.22. The summed E-state index contributed by atoms with van der Waals surface area (Å²) in [6.07, 6.45) is 2.48. The highest BCUT2D eigenvalue weighted by Crippen LogP contribution is 2.30. The van der Waals surface area contributed by atoms with Crippen molar-refractivity contribution in [2.45, 2.75) is 39.0 Å². The number of rotatable bonds is 8. The molecule has 1 heterocycles. The van der Waals surface area contributed by atoms with E-state index in [0.29, 0.717) is 12.7 Å². The van der Waals surface area contributed by atoms with Crippen LogP contribution in [0.1, 0.15) is 24.0 Å². The van der Waals surface area contributed by atoms with Crippen molar-refractivity contribution >= 4 is 34.4 Å². The minimum atomic E-state index is 0.610. The lowest BCUT2D eigenvalue weighted by atomic mass is 10.2. The van der Waals surface area contributed by atoms with E-state index in [4.69, 9.17) is 22.1 Å². The molecule has 0 amide bonds. The Balaban J connectivity index is 1.46. The third kappa shape index (κ3) is 4.79. The number of aromatic nitrogens is 2. The predicted octanol–water partition coefficient (Wildman–Crippen LogP) is 5.36. The number of methoxy groups -OCH3 is 1. The van der Waals surface area contributed by atoms with E-state index in [-0.39, 0.29) is 0 Å². The zero-order valence-electron chi connectivity index (χ0n) is 16.1. The van der Waals surface area contributed by atoms with Crippen LogP contribution < -0.4 is 10.1 Å². The maximum Gasteiger partial charge on any atom is 0.209 e. The van der Waals surface area contributed by atoms with Crippen molar-refractivity contribution in [2.75, 3.05) is 12.4 Å². The normalized spacial score (nSPS) is 13.7. The largest absolute Gasteiger partial charge is 0.497 e. The van der Waals surface area contributed by atoms with Crippen LogP contribution in [0.2, 0.25) is 0 Å². The molecule has 5 nitrogen and oxygen atoms in total. The SMILES string of the molecule is COc1ccc(CN(Cn2nc(Nc3cccc(C)c3)sc2=S)C2CC2)cc1. The molecule has 4 rings (SSSR count). The standard InChI is InChI=1S/C21H24N4OS2/c1-15-4-3-5-17(12-15)22-20-23-25(21(27)28-20)14-24(18-8-9-18)13-16-6-10-19(26-2)11-7-16/h3-7,10-12,18H,8-9,13-14H2,1-2H3,(H,22,23). The summed E-state index contributed by atoms with van der Waals surface area (Å²) in [7, 11) is 1.69. The molecule has 28 heavy (non-hydrogen) atoms. The van der Waals surface area contributed by atoms with Crippen LogP contribution in [0, 0.1) is 10.9 Å². The van der Waals surface area contributed by atoms with E-state index < -0.39 is 0 Å². The van der Waals surface area contributed by atoms with Crippen LogP contribution in [0.3, 0.4) is 0 Å². The van der Waals surface area contributed by atoms with Gasteiger partial charge in [0.25, 0.3) is 0 Å². The van der Waals surface area contributed by atoms with Crippen molar-refractivity contribution in [3.05, 3.63) is 63.6 Å². The molecule has 0 bridgehead atoms. The summed E-state index contributed by atoms with van der Waals surface area (Å²) in [5.74, 6) is 0.885. The Morgan fingerprint density at radius 3 is 2.71 bits per heavy atom. The van der Waals surface area contributed by atoms with Gasteiger partial charge in [-0.1, -0.05) is 35.6 Å². The number of benzene rings is 2. The van der Waals surface area contributed by atoms with Crippen molar-refractivity contribution in [3.8, 4) is 5.75 Å². The van der Waals surface area contributed by atoms with E-state index in [1.54, 1.807) is 7.11 Å². The highest BCUT2D eigenvalue weighted by atomic mass is 32.1. The summed E-state index contributed by atoms with van der Waals surface area (Å²) < 4.78 is 7.98. The number of hydrogen-bond acceptors (Lipinski definition) is 6. The van der Waals surface area contributed by atoms with Crippen LogP contribution in [0.15, 0.2) is 48.5 Å². The van der Waals surface area contributed by atoms with E-state index in [0.717, 1.165) is 27.1 Å². The molecule has 7 heteroatoms. The quantitative estimate of drug-likeness (QED) is 0.505. The Morgan fingerprint density at radius 2 is 2.04 bits per heavy atom. The molecule has 1 saturated carbocycles. The fraction of sp³-hybridized carbons (Fsp3) is 0.333. The van der Waals surface area contributed by atoms with E-state index in [1.807, 2.05) is 28.9 Å². The van der Waals surface area contributed by atoms with Crippen LogP contribution >= 0.6 is 23.6 Å². The second kappa shape index (κ2) is 8.43. The van der Waals surface area contributed by atoms with Gasteiger partial charge in [-0.25, -0.2) is 4.68 Å². The van der Waals surface area contributed by atoms with E-state index >= 15 is 0 Å². The van der Waals surface area contributed by atoms with Crippen molar-refractivity contribution in [3.63, 3.8) is 0 Å². The average molecular weight is 413 g/mol. The first-order valence-electron chi connectivity index (χ1n) is 9.39. The van der Waals surface area contributed by atoms with Gasteiger partial charge in [0.05, 0.1) is 13.8 Å². The molecule has 3 aromatic rings. The Labute approximate surface area is 174 Å². The van der Waals surface area contributed by atoms with Gasteiger partial charge in [0.15, 0.2) is 3.95 Å². The van der Waals surface area contributed by atoms with Crippen molar-refractivity contribution < 1.29 is 4.74 Å². The third-order valence-electron chi connectivity index (χ3n) is 4.80. The molecule has 1 aliphatic rings. The van der Waals surface area contributed by atoms with Crippen LogP contribution in [0.25, 0.3) is 0 Å². The lowest BCUT2D eigenvalue weighted by Crippen LogP contribution is -2.28. The third-order valence-corrected chi connectivity index (χ3v) is 6.02. The van der Waals surface area contributed by atoms with Gasteiger partial charge in [-0.3, -0.25) is 4.90 Å². The Kier molecular flexibility index (Phi) is 5.75. The minimum absolute atomic E-state index is 0.610. The summed E-state index contributed by atoms with van der Waals surface area (Å²) in [6, 6.07) is 17.2. The van der Waals surface area contributed by atoms with Gasteiger partial charge in [0.1, 0.15) is 5.75 Å². The number of ether oxygens (including phenoxy) is 1. The zero-order valence-corrected chi connectivity index (χ0v) is 17.7. The summed E-state index contributed by atoms with van der Waals surface area (Å²) in [5, 5.41) is 8.92. The smallest absolute Gasteiger partial charge is 0.209 e. The number of hydrogen-bond donors (Lipinski definition) is 1. The second-order valence-electron chi connectivity index (χ2n) is 7.13. The maximum atomic E-state index is 5.57. The molecule has 1 aliphatic carbocycles. The van der Waals surface area contributed by atoms with Gasteiger partial charge in [-0.05, 0) is 67.4 Å². The van der Waals surface area contributed by atoms with Crippen LogP contribution in [0.4, 0.5) is 10.8 Å². The second-order valence-corrected chi connectivity index (χ2v) is 8.76. The summed E-state index contributed by atoms with van der Waals surface area (Å²) in [5.41, 5.74) is 3.52. The predicted molar refractivity (Wildman–Crippen MR) is 117 cm³/mol. The molecular weight excluding hydrogens is 388 g/mol. The van der Waals surface area contributed by atoms with Gasteiger partial charge in [-0.15, -0.1) is 5.10 Å². The molecule has 146 valence electrons. The molecule has 0 aliphatic heterocycles. The number of aryl methyl sites for hydroxylation is 1. The van der Waals surface area contributed by atoms with Crippen LogP contribution in [0.5, 0.6) is 5.75 Å². The molecule has 0 atom stereocenters. The number of nitrogens with one attached hydrogen (secondary N) is 1. The average Bonchev–Trinajstić information content (AvgIpc) is 3.47. The van der Waals surface area contributed by atoms with Gasteiger partial charge in [-0.2, -0.15) is 0 Å². The molecule has 0 spiro atoms. The monoisotopic (exact) mass is 412 g/mol. The molecule has 1 N–H and O–H groups in total. The summed E-state index contributed by atoms with van der Waals surface area (Å²) in [6.45, 7) is 3.68. The fourth-order valence-electron chi connectivity index (χ4n) is 3.16. The Bertz CT molecular complexity index is 992. The van der Waals surface area contributed by atoms with Gasteiger partial charge >= 0.3 is 0 Å². The zero-order chi connectivity index (χ0) is 19.5. The summed E-state index contributed by atoms with van der Waals surface area (Å²) in [4.78, 5) is 2.45. The first-order chi connectivity index (χ1) is 13.6. The Morgan fingerprint density at radius 1 is 1.25 bits per heavy atom. The molecule has 0 saturated heterocycles. The van der Waals surface area contributed by atoms with Crippen molar-refractivity contribution in [1.29, 1.82) is 0 Å². The van der Waals surface area contributed by atoms with E-state index in [9.17, 15) is 0 Å². The first kappa shape index (κ1) is 19.1. The number of nitrogens with zero attached hydrogens (tertiary/aromatic N) is 3. The lowest BCUT2D eigenvalue weighted by molar-refractivity contribution is 0.187. The molecular formula is C21H24N4OS2. The van der Waals surface area contributed by atoms with E-state index in [1.165, 1.54) is 35.3 Å². The first-order valence-corrected chi connectivity index (χ1v) is 10.6. The maximum absolute atomic E-state index is 5.57. The molecule has 1 fully saturated rings. The molecule has 0 radical (unpaired) electrons. The van der Waals surface area contributed by atoms with Crippen molar-refractivity contribution in [2.24, 2.45) is 0 Å². The molecule has 2 aromatic carbocycles. The van der Waals surface area contributed by atoms with Crippen molar-refractivity contribution in [1.82, 2.24) is 14.7 Å². The molecule has 1 aromatic heterocycles. The summed E-state index contributed by atoms with van der Waals surface area (Å²) >= 11 is 7.09. The van der Waals surface area contributed by atoms with Crippen LogP contribution in [-0.4, -0.2) is 27.8 Å². The van der Waals surface area contributed by atoms with E-state index in [2.05, 4.69) is 41.4 Å². The van der Waals surface area contributed by atoms with Gasteiger partial charge in [0, 0.05) is 18.3 Å². The van der Waals surface area contributed by atoms with Gasteiger partial charge in [0.2, 0.25) is 5.13 Å². The number of anilines is 2. The van der Waals surface area contributed by atoms with Crippen LogP contribution in [-0.2, 0) is 13.2 Å². The fourth-order valence-corrected chi connectivity index (χ4v) is 4.18.